The van der Waals surface area contributed by atoms with E-state index in [2.05, 4.69) is 55.6 Å². The van der Waals surface area contributed by atoms with E-state index in [4.69, 9.17) is 9.47 Å². The SMILES string of the molecule is CCCCCCCCCCCC/C=C/CC/C=C/CC/C=C/C(O)C(COC1OC(CO)C(O)C(O)C1O)NC(=O)CCCCCCCCCCCCCCCCC/C=C\CCCCCCCCCCCCCC. The molecule has 434 valence electrons. The van der Waals surface area contributed by atoms with Crippen molar-refractivity contribution in [3.8, 4) is 0 Å². The lowest BCUT2D eigenvalue weighted by Gasteiger charge is -2.40. The molecule has 0 bridgehead atoms. The van der Waals surface area contributed by atoms with Crippen molar-refractivity contribution >= 4 is 5.91 Å². The second kappa shape index (κ2) is 54.5. The molecule has 1 amide bonds. The Balaban J connectivity index is 2.17. The monoisotopic (exact) mass is 1040 g/mol. The minimum Gasteiger partial charge on any atom is -0.394 e. The summed E-state index contributed by atoms with van der Waals surface area (Å²) in [5, 5.41) is 54.6. The fourth-order valence-corrected chi connectivity index (χ4v) is 10.1. The van der Waals surface area contributed by atoms with Crippen LogP contribution in [0.2, 0.25) is 0 Å². The molecule has 9 nitrogen and oxygen atoms in total. The molecule has 1 saturated heterocycles. The normalized spacial score (nSPS) is 19.3. The average molecular weight is 1040 g/mol. The highest BCUT2D eigenvalue weighted by Gasteiger charge is 2.44. The number of hydrogen-bond acceptors (Lipinski definition) is 8. The fraction of sp³-hybridized carbons (Fsp3) is 0.862. The molecule has 7 atom stereocenters. The van der Waals surface area contributed by atoms with Gasteiger partial charge in [0.15, 0.2) is 6.29 Å². The zero-order chi connectivity index (χ0) is 53.6. The Morgan fingerprint density at radius 1 is 0.446 bits per heavy atom. The summed E-state index contributed by atoms with van der Waals surface area (Å²) >= 11 is 0. The maximum Gasteiger partial charge on any atom is 0.220 e. The third-order valence-corrected chi connectivity index (χ3v) is 15.1. The van der Waals surface area contributed by atoms with Gasteiger partial charge in [-0.15, -0.1) is 0 Å². The number of aliphatic hydroxyl groups is 5. The number of aliphatic hydroxyl groups excluding tert-OH is 5. The number of carbonyl (C=O) groups excluding carboxylic acids is 1. The van der Waals surface area contributed by atoms with Crippen molar-refractivity contribution < 1.29 is 39.8 Å². The number of unbranched alkanes of at least 4 members (excludes halogenated alkanes) is 39. The van der Waals surface area contributed by atoms with Crippen LogP contribution in [0.15, 0.2) is 48.6 Å². The lowest BCUT2D eigenvalue weighted by Crippen LogP contribution is -2.60. The van der Waals surface area contributed by atoms with Crippen molar-refractivity contribution in [3.05, 3.63) is 48.6 Å². The smallest absolute Gasteiger partial charge is 0.220 e. The second-order valence-electron chi connectivity index (χ2n) is 22.2. The van der Waals surface area contributed by atoms with Gasteiger partial charge in [0.1, 0.15) is 24.4 Å². The Bertz CT molecular complexity index is 1300. The highest BCUT2D eigenvalue weighted by atomic mass is 16.7. The van der Waals surface area contributed by atoms with Crippen molar-refractivity contribution in [2.24, 2.45) is 0 Å². The maximum atomic E-state index is 13.1. The van der Waals surface area contributed by atoms with Gasteiger partial charge in [-0.3, -0.25) is 4.79 Å². The van der Waals surface area contributed by atoms with Crippen molar-refractivity contribution in [2.75, 3.05) is 13.2 Å². The Kier molecular flexibility index (Phi) is 51.7. The molecular formula is C65H121NO8. The summed E-state index contributed by atoms with van der Waals surface area (Å²) < 4.78 is 11.3. The Labute approximate surface area is 456 Å². The highest BCUT2D eigenvalue weighted by molar-refractivity contribution is 5.76. The molecule has 0 saturated carbocycles. The third kappa shape index (κ3) is 43.2. The van der Waals surface area contributed by atoms with Gasteiger partial charge in [-0.2, -0.15) is 0 Å². The van der Waals surface area contributed by atoms with Gasteiger partial charge >= 0.3 is 0 Å². The molecule has 6 N–H and O–H groups in total. The summed E-state index contributed by atoms with van der Waals surface area (Å²) in [4.78, 5) is 13.1. The van der Waals surface area contributed by atoms with E-state index in [0.29, 0.717) is 6.42 Å². The molecule has 74 heavy (non-hydrogen) atoms. The van der Waals surface area contributed by atoms with Gasteiger partial charge in [0.25, 0.3) is 0 Å². The first-order valence-corrected chi connectivity index (χ1v) is 31.9. The molecule has 1 fully saturated rings. The van der Waals surface area contributed by atoms with Gasteiger partial charge in [-0.1, -0.05) is 274 Å². The van der Waals surface area contributed by atoms with Gasteiger partial charge in [0, 0.05) is 6.42 Å². The summed E-state index contributed by atoms with van der Waals surface area (Å²) in [5.74, 6) is -0.187. The van der Waals surface area contributed by atoms with E-state index in [-0.39, 0.29) is 12.5 Å². The fourth-order valence-electron chi connectivity index (χ4n) is 10.1. The topological polar surface area (TPSA) is 149 Å². The lowest BCUT2D eigenvalue weighted by atomic mass is 9.99. The van der Waals surface area contributed by atoms with Crippen LogP contribution in [0.3, 0.4) is 0 Å². The summed E-state index contributed by atoms with van der Waals surface area (Å²) in [6.45, 7) is 3.79. The van der Waals surface area contributed by atoms with Crippen LogP contribution in [0.25, 0.3) is 0 Å². The summed E-state index contributed by atoms with van der Waals surface area (Å²) in [6, 6.07) is -0.829. The van der Waals surface area contributed by atoms with Crippen LogP contribution in [0.1, 0.15) is 303 Å². The second-order valence-corrected chi connectivity index (χ2v) is 22.2. The van der Waals surface area contributed by atoms with Crippen LogP contribution >= 0.6 is 0 Å². The molecule has 0 radical (unpaired) electrons. The van der Waals surface area contributed by atoms with Gasteiger partial charge in [-0.25, -0.2) is 0 Å². The van der Waals surface area contributed by atoms with Gasteiger partial charge < -0.3 is 40.3 Å². The van der Waals surface area contributed by atoms with E-state index in [1.165, 1.54) is 238 Å². The Morgan fingerprint density at radius 2 is 0.770 bits per heavy atom. The molecule has 0 aromatic rings. The zero-order valence-electron chi connectivity index (χ0n) is 48.4. The molecule has 0 aliphatic carbocycles. The van der Waals surface area contributed by atoms with E-state index >= 15 is 0 Å². The van der Waals surface area contributed by atoms with Crippen molar-refractivity contribution in [2.45, 2.75) is 346 Å². The van der Waals surface area contributed by atoms with Crippen LogP contribution in [-0.2, 0) is 14.3 Å². The van der Waals surface area contributed by atoms with Crippen LogP contribution in [0.4, 0.5) is 0 Å². The van der Waals surface area contributed by atoms with Gasteiger partial charge in [0.05, 0.1) is 25.4 Å². The molecular weight excluding hydrogens is 923 g/mol. The standard InChI is InChI=1S/C65H121NO8/c1-3-5-7-9-11-13-15-17-19-21-23-25-26-27-28-29-30-31-32-33-34-35-37-39-41-43-45-47-49-51-53-55-61(69)66-58(57-73-65-64(72)63(71)62(70)60(56-67)74-65)59(68)54-52-50-48-46-44-42-40-38-36-24-22-20-18-16-14-12-10-8-6-4-2/h27-28,36,38,44,46,52,54,58-60,62-65,67-68,70-72H,3-26,29-35,37,39-43,45,47-51,53,55-57H2,1-2H3,(H,66,69)/b28-27-,38-36+,46-44+,54-52+. The van der Waals surface area contributed by atoms with E-state index in [0.717, 1.165) is 44.9 Å². The Hall–Kier alpha value is -1.85. The number of amides is 1. The molecule has 1 heterocycles. The number of rotatable bonds is 55. The average Bonchev–Trinajstić information content (AvgIpc) is 3.40. The highest BCUT2D eigenvalue weighted by Crippen LogP contribution is 2.23. The van der Waals surface area contributed by atoms with E-state index < -0.39 is 49.5 Å². The predicted molar refractivity (Wildman–Crippen MR) is 313 cm³/mol. The molecule has 1 aliphatic heterocycles. The molecule has 1 rings (SSSR count). The molecule has 0 spiro atoms. The molecule has 0 aromatic carbocycles. The maximum absolute atomic E-state index is 13.1. The number of carbonyl (C=O) groups is 1. The van der Waals surface area contributed by atoms with Crippen LogP contribution < -0.4 is 5.32 Å². The van der Waals surface area contributed by atoms with Crippen molar-refractivity contribution in [3.63, 3.8) is 0 Å². The number of nitrogens with one attached hydrogen (secondary N) is 1. The van der Waals surface area contributed by atoms with E-state index in [9.17, 15) is 30.3 Å². The molecule has 9 heteroatoms. The van der Waals surface area contributed by atoms with Crippen LogP contribution in [0, 0.1) is 0 Å². The summed E-state index contributed by atoms with van der Waals surface area (Å²) in [5.41, 5.74) is 0. The number of hydrogen-bond donors (Lipinski definition) is 6. The van der Waals surface area contributed by atoms with Crippen LogP contribution in [0.5, 0.6) is 0 Å². The molecule has 1 aliphatic rings. The largest absolute Gasteiger partial charge is 0.394 e. The van der Waals surface area contributed by atoms with Gasteiger partial charge in [-0.05, 0) is 70.6 Å². The Morgan fingerprint density at radius 3 is 1.14 bits per heavy atom. The van der Waals surface area contributed by atoms with Gasteiger partial charge in [0.2, 0.25) is 5.91 Å². The lowest BCUT2D eigenvalue weighted by molar-refractivity contribution is -0.302. The molecule has 7 unspecified atom stereocenters. The van der Waals surface area contributed by atoms with Crippen molar-refractivity contribution in [1.29, 1.82) is 0 Å². The first-order valence-electron chi connectivity index (χ1n) is 31.9. The van der Waals surface area contributed by atoms with Crippen molar-refractivity contribution in [1.82, 2.24) is 5.32 Å². The summed E-state index contributed by atoms with van der Waals surface area (Å²) in [7, 11) is 0. The number of ether oxygens (including phenoxy) is 2. The minimum absolute atomic E-state index is 0.187. The third-order valence-electron chi connectivity index (χ3n) is 15.1. The predicted octanol–water partition coefficient (Wildman–Crippen LogP) is 16.5. The first-order chi connectivity index (χ1) is 36.3. The zero-order valence-corrected chi connectivity index (χ0v) is 48.4. The minimum atomic E-state index is -1.58. The molecule has 0 aromatic heterocycles. The van der Waals surface area contributed by atoms with E-state index in [1.54, 1.807) is 6.08 Å². The quantitative estimate of drug-likeness (QED) is 0.0261. The first kappa shape index (κ1) is 70.2. The number of allylic oxidation sites excluding steroid dienone is 7. The van der Waals surface area contributed by atoms with Crippen LogP contribution in [-0.4, -0.2) is 87.5 Å². The summed E-state index contributed by atoms with van der Waals surface area (Å²) in [6.07, 6.45) is 66.3. The van der Waals surface area contributed by atoms with E-state index in [1.807, 2.05) is 6.08 Å².